The Labute approximate surface area is 142 Å². The Morgan fingerprint density at radius 3 is 2.83 bits per heavy atom. The maximum atomic E-state index is 12.8. The summed E-state index contributed by atoms with van der Waals surface area (Å²) in [4.78, 5) is 13.7. The number of amides is 1. The molecule has 2 rings (SSSR count). The van der Waals surface area contributed by atoms with E-state index < -0.39 is 6.10 Å². The number of nitrogens with zero attached hydrogens (tertiary/aromatic N) is 1. The zero-order chi connectivity index (χ0) is 17.4. The van der Waals surface area contributed by atoms with E-state index in [0.29, 0.717) is 38.3 Å². The topological polar surface area (TPSA) is 61.8 Å². The number of ether oxygens (including phenoxy) is 1. The number of hydrogen-bond acceptors (Lipinski definition) is 4. The number of β-amino-alcohol motifs (C(OH)–C–C–N with tert-alkyl or cyclic N) is 1. The third kappa shape index (κ3) is 5.76. The van der Waals surface area contributed by atoms with Crippen molar-refractivity contribution in [2.24, 2.45) is 0 Å². The minimum Gasteiger partial charge on any atom is -0.492 e. The number of rotatable bonds is 10. The maximum absolute atomic E-state index is 12.8. The molecule has 2 atom stereocenters. The summed E-state index contributed by atoms with van der Waals surface area (Å²) in [5.74, 6) is 0.524. The van der Waals surface area contributed by atoms with E-state index in [1.807, 2.05) is 11.8 Å². The Morgan fingerprint density at radius 1 is 1.38 bits per heavy atom. The molecule has 1 amide bonds. The fraction of sp³-hybridized carbons (Fsp3) is 0.611. The predicted octanol–water partition coefficient (Wildman–Crippen LogP) is 1.95. The Morgan fingerprint density at radius 2 is 2.12 bits per heavy atom. The lowest BCUT2D eigenvalue weighted by Gasteiger charge is -2.27. The second-order valence-electron chi connectivity index (χ2n) is 6.14. The van der Waals surface area contributed by atoms with Crippen LogP contribution in [0, 0.1) is 5.82 Å². The summed E-state index contributed by atoms with van der Waals surface area (Å²) in [6.45, 7) is 4.35. The monoisotopic (exact) mass is 338 g/mol. The summed E-state index contributed by atoms with van der Waals surface area (Å²) in [5.41, 5.74) is 0. The van der Waals surface area contributed by atoms with Crippen molar-refractivity contribution in [1.29, 1.82) is 0 Å². The van der Waals surface area contributed by atoms with Gasteiger partial charge in [0, 0.05) is 25.6 Å². The summed E-state index contributed by atoms with van der Waals surface area (Å²) in [7, 11) is 0. The number of aliphatic hydroxyl groups excluding tert-OH is 1. The lowest BCUT2D eigenvalue weighted by atomic mass is 10.1. The first-order valence-electron chi connectivity index (χ1n) is 8.66. The molecule has 1 heterocycles. The molecule has 1 aromatic carbocycles. The van der Waals surface area contributed by atoms with Crippen molar-refractivity contribution in [3.63, 3.8) is 0 Å². The third-order valence-electron chi connectivity index (χ3n) is 4.35. The molecule has 1 fully saturated rings. The minimum absolute atomic E-state index is 0.146. The summed E-state index contributed by atoms with van der Waals surface area (Å²) >= 11 is 0. The van der Waals surface area contributed by atoms with Crippen LogP contribution in [0.25, 0.3) is 0 Å². The van der Waals surface area contributed by atoms with Crippen LogP contribution in [0.15, 0.2) is 24.3 Å². The number of likely N-dealkylation sites (tertiary alicyclic amines) is 1. The molecule has 1 aliphatic heterocycles. The predicted molar refractivity (Wildman–Crippen MR) is 90.4 cm³/mol. The normalized spacial score (nSPS) is 18.9. The van der Waals surface area contributed by atoms with Crippen molar-refractivity contribution < 1.29 is 19.0 Å². The largest absolute Gasteiger partial charge is 0.492 e. The summed E-state index contributed by atoms with van der Waals surface area (Å²) in [6, 6.07) is 6.18. The molecular weight excluding hydrogens is 311 g/mol. The van der Waals surface area contributed by atoms with Crippen LogP contribution in [0.2, 0.25) is 0 Å². The van der Waals surface area contributed by atoms with E-state index in [9.17, 15) is 14.3 Å². The van der Waals surface area contributed by atoms with E-state index in [-0.39, 0.29) is 17.8 Å². The van der Waals surface area contributed by atoms with E-state index in [1.165, 1.54) is 12.1 Å². The molecule has 0 spiro atoms. The van der Waals surface area contributed by atoms with Crippen LogP contribution in [0.4, 0.5) is 4.39 Å². The van der Waals surface area contributed by atoms with Gasteiger partial charge in [0.05, 0.1) is 6.10 Å². The maximum Gasteiger partial charge on any atom is 0.222 e. The van der Waals surface area contributed by atoms with Crippen molar-refractivity contribution in [2.45, 2.75) is 44.8 Å². The first-order valence-corrected chi connectivity index (χ1v) is 8.66. The average molecular weight is 338 g/mol. The molecule has 0 unspecified atom stereocenters. The molecule has 1 aromatic rings. The number of carbonyl (C=O) groups excluding carboxylic acids is 1. The third-order valence-corrected chi connectivity index (χ3v) is 4.35. The van der Waals surface area contributed by atoms with Crippen LogP contribution in [0.5, 0.6) is 5.75 Å². The molecule has 0 aromatic heterocycles. The van der Waals surface area contributed by atoms with Gasteiger partial charge in [-0.3, -0.25) is 4.79 Å². The fourth-order valence-corrected chi connectivity index (χ4v) is 2.87. The number of halogens is 1. The van der Waals surface area contributed by atoms with Crippen molar-refractivity contribution >= 4 is 5.91 Å². The molecule has 6 heteroatoms. The number of benzene rings is 1. The molecule has 0 radical (unpaired) electrons. The second-order valence-corrected chi connectivity index (χ2v) is 6.14. The van der Waals surface area contributed by atoms with Crippen molar-refractivity contribution in [3.8, 4) is 5.75 Å². The number of aliphatic hydroxyl groups is 1. The van der Waals surface area contributed by atoms with E-state index in [4.69, 9.17) is 4.74 Å². The molecule has 2 N–H and O–H groups in total. The molecule has 0 saturated carbocycles. The Kier molecular flexibility index (Phi) is 7.46. The average Bonchev–Trinajstić information content (AvgIpc) is 2.92. The van der Waals surface area contributed by atoms with Gasteiger partial charge in [-0.25, -0.2) is 4.39 Å². The Hall–Kier alpha value is -1.66. The smallest absolute Gasteiger partial charge is 0.222 e. The highest BCUT2D eigenvalue weighted by molar-refractivity contribution is 5.78. The van der Waals surface area contributed by atoms with Gasteiger partial charge in [0.15, 0.2) is 0 Å². The zero-order valence-corrected chi connectivity index (χ0v) is 14.2. The van der Waals surface area contributed by atoms with Gasteiger partial charge < -0.3 is 20.1 Å². The molecule has 1 saturated heterocycles. The number of hydrogen-bond donors (Lipinski definition) is 2. The molecule has 0 aliphatic carbocycles. The number of carbonyl (C=O) groups is 1. The van der Waals surface area contributed by atoms with Crippen molar-refractivity contribution in [3.05, 3.63) is 30.1 Å². The van der Waals surface area contributed by atoms with E-state index in [0.717, 1.165) is 19.4 Å². The highest BCUT2D eigenvalue weighted by Gasteiger charge is 2.31. The SMILES string of the molecule is CC[C@@H](O)CN1C(=O)CC[C@@H]1CCNCCOc1ccc(F)cc1. The van der Waals surface area contributed by atoms with Crippen LogP contribution in [-0.4, -0.2) is 54.3 Å². The van der Waals surface area contributed by atoms with E-state index >= 15 is 0 Å². The highest BCUT2D eigenvalue weighted by atomic mass is 19.1. The lowest BCUT2D eigenvalue weighted by Crippen LogP contribution is -2.40. The van der Waals surface area contributed by atoms with Crippen molar-refractivity contribution in [1.82, 2.24) is 10.2 Å². The van der Waals surface area contributed by atoms with Gasteiger partial charge in [-0.05, 0) is 50.1 Å². The summed E-state index contributed by atoms with van der Waals surface area (Å²) < 4.78 is 18.3. The van der Waals surface area contributed by atoms with Gasteiger partial charge >= 0.3 is 0 Å². The summed E-state index contributed by atoms with van der Waals surface area (Å²) in [6.07, 6.45) is 2.54. The van der Waals surface area contributed by atoms with E-state index in [2.05, 4.69) is 5.32 Å². The molecule has 24 heavy (non-hydrogen) atoms. The second kappa shape index (κ2) is 9.59. The van der Waals surface area contributed by atoms with Gasteiger partial charge in [-0.1, -0.05) is 6.92 Å². The number of nitrogens with one attached hydrogen (secondary N) is 1. The van der Waals surface area contributed by atoms with Crippen LogP contribution < -0.4 is 10.1 Å². The highest BCUT2D eigenvalue weighted by Crippen LogP contribution is 2.21. The molecule has 1 aliphatic rings. The standard InChI is InChI=1S/C18H27FN2O3/c1-2-16(22)13-21-15(5-8-18(21)23)9-10-20-11-12-24-17-6-3-14(19)4-7-17/h3-4,6-7,15-16,20,22H,2,5,8-13H2,1H3/t15-,16-/m1/s1. The van der Waals surface area contributed by atoms with Gasteiger partial charge in [0.1, 0.15) is 18.2 Å². The minimum atomic E-state index is -0.438. The quantitative estimate of drug-likeness (QED) is 0.640. The summed E-state index contributed by atoms with van der Waals surface area (Å²) in [5, 5.41) is 13.1. The lowest BCUT2D eigenvalue weighted by molar-refractivity contribution is -0.130. The molecule has 0 bridgehead atoms. The van der Waals surface area contributed by atoms with Crippen molar-refractivity contribution in [2.75, 3.05) is 26.2 Å². The van der Waals surface area contributed by atoms with Gasteiger partial charge in [0.25, 0.3) is 0 Å². The van der Waals surface area contributed by atoms with Crippen LogP contribution in [0.1, 0.15) is 32.6 Å². The first kappa shape index (κ1) is 18.7. The van der Waals surface area contributed by atoms with E-state index in [1.54, 1.807) is 12.1 Å². The van der Waals surface area contributed by atoms with Gasteiger partial charge in [0.2, 0.25) is 5.91 Å². The zero-order valence-electron chi connectivity index (χ0n) is 14.2. The van der Waals surface area contributed by atoms with Crippen LogP contribution >= 0.6 is 0 Å². The van der Waals surface area contributed by atoms with Gasteiger partial charge in [-0.15, -0.1) is 0 Å². The Balaban J connectivity index is 1.61. The van der Waals surface area contributed by atoms with Crippen LogP contribution in [0.3, 0.4) is 0 Å². The fourth-order valence-electron chi connectivity index (χ4n) is 2.87. The Bertz CT molecular complexity index is 509. The molecular formula is C18H27FN2O3. The van der Waals surface area contributed by atoms with Crippen LogP contribution in [-0.2, 0) is 4.79 Å². The van der Waals surface area contributed by atoms with Gasteiger partial charge in [-0.2, -0.15) is 0 Å². The first-order chi connectivity index (χ1) is 11.6. The molecule has 134 valence electrons. The molecule has 5 nitrogen and oxygen atoms in total.